The molecule has 0 atom stereocenters. The van der Waals surface area contributed by atoms with Gasteiger partial charge in [0, 0.05) is 0 Å². The Morgan fingerprint density at radius 3 is 2.62 bits per heavy atom. The lowest BCUT2D eigenvalue weighted by atomic mass is 10.9. The van der Waals surface area contributed by atoms with Crippen molar-refractivity contribution in [2.45, 2.75) is 13.8 Å². The van der Waals surface area contributed by atoms with Crippen molar-refractivity contribution in [3.8, 4) is 0 Å². The third kappa shape index (κ3) is 5.27. The van der Waals surface area contributed by atoms with E-state index >= 15 is 0 Å². The predicted octanol–water partition coefficient (Wildman–Crippen LogP) is 0.880. The molecule has 0 bridgehead atoms. The molecule has 0 amide bonds. The van der Waals surface area contributed by atoms with Gasteiger partial charge in [0.25, 0.3) is 0 Å². The van der Waals surface area contributed by atoms with Crippen molar-refractivity contribution in [1.29, 1.82) is 0 Å². The summed E-state index contributed by atoms with van der Waals surface area (Å²) in [5, 5.41) is 3.31. The minimum Gasteiger partial charge on any atom is -0.472 e. The first-order valence-corrected chi connectivity index (χ1v) is 2.60. The summed E-state index contributed by atoms with van der Waals surface area (Å²) in [6.45, 7) is 4.84. The van der Waals surface area contributed by atoms with Crippen LogP contribution in [-0.2, 0) is 9.57 Å². The van der Waals surface area contributed by atoms with Crippen molar-refractivity contribution in [2.24, 2.45) is 5.16 Å². The van der Waals surface area contributed by atoms with Gasteiger partial charge in [-0.15, -0.1) is 0 Å². The van der Waals surface area contributed by atoms with Crippen molar-refractivity contribution in [1.82, 2.24) is 0 Å². The molecule has 0 aromatic heterocycles. The van der Waals surface area contributed by atoms with E-state index < -0.39 is 0 Å². The third-order valence-corrected chi connectivity index (χ3v) is 0.440. The molecule has 0 aliphatic rings. The summed E-state index contributed by atoms with van der Waals surface area (Å²) >= 11 is 0. The molecule has 0 rings (SSSR count). The minimum absolute atomic E-state index is 0.556. The summed E-state index contributed by atoms with van der Waals surface area (Å²) < 4.78 is 4.59. The van der Waals surface area contributed by atoms with E-state index in [9.17, 15) is 0 Å². The van der Waals surface area contributed by atoms with Crippen molar-refractivity contribution < 1.29 is 9.57 Å². The highest BCUT2D eigenvalue weighted by molar-refractivity contribution is 5.44. The number of hydrogen-bond acceptors (Lipinski definition) is 3. The number of ether oxygens (including phenoxy) is 1. The Hall–Kier alpha value is -0.730. The van der Waals surface area contributed by atoms with Crippen LogP contribution in [0.15, 0.2) is 5.16 Å². The molecule has 0 saturated heterocycles. The maximum absolute atomic E-state index is 4.59. The Labute approximate surface area is 49.3 Å². The first-order valence-electron chi connectivity index (χ1n) is 2.60. The van der Waals surface area contributed by atoms with Gasteiger partial charge in [0.1, 0.15) is 6.61 Å². The monoisotopic (exact) mass is 116 g/mol. The topological polar surface area (TPSA) is 30.8 Å². The lowest BCUT2D eigenvalue weighted by Crippen LogP contribution is -1.86. The summed E-state index contributed by atoms with van der Waals surface area (Å²) in [6.07, 6.45) is 2.24. The zero-order valence-electron chi connectivity index (χ0n) is 5.18. The van der Waals surface area contributed by atoms with Gasteiger partial charge in [0.05, 0.1) is 6.61 Å². The van der Waals surface area contributed by atoms with Crippen LogP contribution in [0, 0.1) is 0 Å². The van der Waals surface area contributed by atoms with Crippen molar-refractivity contribution in [2.75, 3.05) is 13.2 Å². The zero-order valence-corrected chi connectivity index (χ0v) is 5.18. The summed E-state index contributed by atoms with van der Waals surface area (Å²) in [6, 6.07) is 0. The van der Waals surface area contributed by atoms with Gasteiger partial charge >= 0.3 is 6.40 Å². The molecule has 0 heterocycles. The van der Waals surface area contributed by atoms with Gasteiger partial charge in [0.15, 0.2) is 0 Å². The lowest BCUT2D eigenvalue weighted by molar-refractivity contribution is 0.150. The highest BCUT2D eigenvalue weighted by Crippen LogP contribution is 1.71. The molecular weight excluding hydrogens is 106 g/mol. The molecular formula is C5H10NO2. The largest absolute Gasteiger partial charge is 0.472 e. The molecule has 0 aromatic carbocycles. The van der Waals surface area contributed by atoms with Crippen LogP contribution in [0.25, 0.3) is 0 Å². The molecule has 3 heteroatoms. The molecule has 8 heavy (non-hydrogen) atoms. The van der Waals surface area contributed by atoms with Crippen LogP contribution in [0.5, 0.6) is 0 Å². The molecule has 47 valence electrons. The van der Waals surface area contributed by atoms with Crippen LogP contribution < -0.4 is 0 Å². The second-order valence-electron chi connectivity index (χ2n) is 1.03. The van der Waals surface area contributed by atoms with Crippen molar-refractivity contribution >= 4 is 6.40 Å². The standard InChI is InChI=1S/C5H10NO2/c1-3-7-5-6-8-4-2/h3-4H2,1-2H3. The van der Waals surface area contributed by atoms with E-state index in [0.29, 0.717) is 13.2 Å². The van der Waals surface area contributed by atoms with E-state index in [2.05, 4.69) is 21.1 Å². The van der Waals surface area contributed by atoms with Gasteiger partial charge < -0.3 is 9.57 Å². The molecule has 0 aliphatic carbocycles. The maximum atomic E-state index is 4.59. The second kappa shape index (κ2) is 6.27. The predicted molar refractivity (Wildman–Crippen MR) is 30.7 cm³/mol. The zero-order chi connectivity index (χ0) is 6.24. The number of rotatable bonds is 4. The van der Waals surface area contributed by atoms with Crippen LogP contribution in [0.3, 0.4) is 0 Å². The lowest BCUT2D eigenvalue weighted by Gasteiger charge is -1.89. The summed E-state index contributed by atoms with van der Waals surface area (Å²) in [5.74, 6) is 0. The van der Waals surface area contributed by atoms with Gasteiger partial charge in [-0.05, 0) is 19.0 Å². The number of hydrogen-bond donors (Lipinski definition) is 0. The highest BCUT2D eigenvalue weighted by atomic mass is 16.6. The molecule has 0 aliphatic heterocycles. The van der Waals surface area contributed by atoms with Gasteiger partial charge in [-0.25, -0.2) is 0 Å². The van der Waals surface area contributed by atoms with Crippen LogP contribution in [0.2, 0.25) is 0 Å². The van der Waals surface area contributed by atoms with Crippen LogP contribution in [0.1, 0.15) is 13.8 Å². The first-order chi connectivity index (χ1) is 3.91. The maximum Gasteiger partial charge on any atom is 0.316 e. The summed E-state index contributed by atoms with van der Waals surface area (Å²) in [4.78, 5) is 4.52. The van der Waals surface area contributed by atoms with E-state index in [-0.39, 0.29) is 0 Å². The average Bonchev–Trinajstić information content (AvgIpc) is 1.81. The normalized spacial score (nSPS) is 9.75. The fourth-order valence-corrected chi connectivity index (χ4v) is 0.182. The van der Waals surface area contributed by atoms with Crippen LogP contribution in [0.4, 0.5) is 0 Å². The summed E-state index contributed by atoms with van der Waals surface area (Å²) in [5.41, 5.74) is 0. The van der Waals surface area contributed by atoms with Crippen LogP contribution >= 0.6 is 0 Å². The molecule has 0 N–H and O–H groups in total. The van der Waals surface area contributed by atoms with Gasteiger partial charge in [0.2, 0.25) is 0 Å². The fraction of sp³-hybridized carbons (Fsp3) is 0.800. The SMILES string of the molecule is CCO/[C]=N/OCC. The molecule has 0 fully saturated rings. The molecule has 1 radical (unpaired) electrons. The molecule has 0 spiro atoms. The summed E-state index contributed by atoms with van der Waals surface area (Å²) in [7, 11) is 0. The van der Waals surface area contributed by atoms with Crippen LogP contribution in [-0.4, -0.2) is 19.6 Å². The molecule has 0 saturated carbocycles. The first kappa shape index (κ1) is 7.27. The smallest absolute Gasteiger partial charge is 0.316 e. The van der Waals surface area contributed by atoms with E-state index in [1.54, 1.807) is 0 Å². The van der Waals surface area contributed by atoms with Gasteiger partial charge in [-0.3, -0.25) is 0 Å². The fourth-order valence-electron chi connectivity index (χ4n) is 0.182. The van der Waals surface area contributed by atoms with E-state index in [0.717, 1.165) is 0 Å². The quantitative estimate of drug-likeness (QED) is 0.310. The Morgan fingerprint density at radius 2 is 2.12 bits per heavy atom. The van der Waals surface area contributed by atoms with E-state index in [1.807, 2.05) is 13.8 Å². The Balaban J connectivity index is 2.83. The van der Waals surface area contributed by atoms with Gasteiger partial charge in [-0.2, -0.15) is 0 Å². The third-order valence-electron chi connectivity index (χ3n) is 0.440. The highest BCUT2D eigenvalue weighted by Gasteiger charge is 1.72. The average molecular weight is 116 g/mol. The Bertz CT molecular complexity index is 55.4. The number of nitrogens with zero attached hydrogens (tertiary/aromatic N) is 1. The van der Waals surface area contributed by atoms with E-state index in [1.165, 1.54) is 0 Å². The molecule has 3 nitrogen and oxygen atoms in total. The molecule has 0 unspecified atom stereocenters. The van der Waals surface area contributed by atoms with E-state index in [4.69, 9.17) is 0 Å². The Kier molecular flexibility index (Phi) is 5.70. The van der Waals surface area contributed by atoms with Gasteiger partial charge in [-0.1, -0.05) is 0 Å². The van der Waals surface area contributed by atoms with Crippen molar-refractivity contribution in [3.63, 3.8) is 0 Å². The second-order valence-corrected chi connectivity index (χ2v) is 1.03. The minimum atomic E-state index is 0.556. The Morgan fingerprint density at radius 1 is 1.38 bits per heavy atom. The molecule has 0 aromatic rings. The van der Waals surface area contributed by atoms with Crippen molar-refractivity contribution in [3.05, 3.63) is 0 Å².